The Bertz CT molecular complexity index is 1270. The van der Waals surface area contributed by atoms with Gasteiger partial charge in [0.1, 0.15) is 6.10 Å². The van der Waals surface area contributed by atoms with Crippen molar-refractivity contribution in [3.8, 4) is 11.5 Å². The molecule has 8 heteroatoms. The summed E-state index contributed by atoms with van der Waals surface area (Å²) >= 11 is 12.2. The number of nitrogens with zero attached hydrogens (tertiary/aromatic N) is 1. The first-order valence-corrected chi connectivity index (χ1v) is 13.8. The van der Waals surface area contributed by atoms with E-state index in [2.05, 4.69) is 10.2 Å². The normalized spacial score (nSPS) is 34.1. The summed E-state index contributed by atoms with van der Waals surface area (Å²) in [5.74, 6) is 1.23. The molecule has 0 unspecified atom stereocenters. The van der Waals surface area contributed by atoms with E-state index in [0.717, 1.165) is 48.5 Å². The highest BCUT2D eigenvalue weighted by molar-refractivity contribution is 6.42. The van der Waals surface area contributed by atoms with Crippen molar-refractivity contribution >= 4 is 29.1 Å². The van der Waals surface area contributed by atoms with Gasteiger partial charge in [0.15, 0.2) is 11.5 Å². The molecule has 6 nitrogen and oxygen atoms in total. The van der Waals surface area contributed by atoms with E-state index in [1.807, 2.05) is 6.07 Å². The summed E-state index contributed by atoms with van der Waals surface area (Å²) in [5, 5.41) is 27.4. The lowest BCUT2D eigenvalue weighted by molar-refractivity contribution is -0.192. The van der Waals surface area contributed by atoms with E-state index >= 15 is 0 Å². The smallest absolute Gasteiger partial charge is 0.224 e. The Hall–Kier alpha value is -1.99. The maximum absolute atomic E-state index is 13.1. The molecule has 2 saturated carbocycles. The van der Waals surface area contributed by atoms with Crippen LogP contribution in [0.5, 0.6) is 11.5 Å². The van der Waals surface area contributed by atoms with Crippen molar-refractivity contribution in [2.45, 2.75) is 74.1 Å². The molecule has 0 radical (unpaired) electrons. The van der Waals surface area contributed by atoms with Crippen molar-refractivity contribution in [3.05, 3.63) is 57.1 Å². The third kappa shape index (κ3) is 3.20. The van der Waals surface area contributed by atoms with E-state index in [0.29, 0.717) is 28.6 Å². The molecular formula is C28H30Cl2N2O4. The quantitative estimate of drug-likeness (QED) is 0.546. The van der Waals surface area contributed by atoms with Crippen LogP contribution in [0.15, 0.2) is 30.3 Å². The monoisotopic (exact) mass is 528 g/mol. The van der Waals surface area contributed by atoms with Gasteiger partial charge in [0.2, 0.25) is 5.91 Å². The molecule has 5 aliphatic rings. The van der Waals surface area contributed by atoms with Gasteiger partial charge in [0, 0.05) is 18.2 Å². The van der Waals surface area contributed by atoms with Crippen molar-refractivity contribution in [1.29, 1.82) is 0 Å². The topological polar surface area (TPSA) is 82.0 Å². The Morgan fingerprint density at radius 1 is 1.14 bits per heavy atom. The summed E-state index contributed by atoms with van der Waals surface area (Å²) in [5.41, 5.74) is 1.32. The predicted octanol–water partition coefficient (Wildman–Crippen LogP) is 3.99. The largest absolute Gasteiger partial charge is 0.504 e. The number of phenolic OH excluding ortho intramolecular Hbond substituents is 1. The molecule has 190 valence electrons. The first-order chi connectivity index (χ1) is 17.3. The number of hydrogen-bond donors (Lipinski definition) is 3. The number of halogens is 2. The number of carbonyl (C=O) groups is 1. The van der Waals surface area contributed by atoms with Crippen molar-refractivity contribution in [1.82, 2.24) is 10.2 Å². The number of carbonyl (C=O) groups excluding carboxylic acids is 1. The number of ether oxygens (including phenoxy) is 1. The molecule has 2 aliphatic heterocycles. The molecule has 2 aromatic carbocycles. The van der Waals surface area contributed by atoms with Gasteiger partial charge in [0.25, 0.3) is 0 Å². The van der Waals surface area contributed by atoms with E-state index < -0.39 is 17.1 Å². The summed E-state index contributed by atoms with van der Waals surface area (Å²) in [4.78, 5) is 15.6. The number of aliphatic hydroxyl groups is 1. The van der Waals surface area contributed by atoms with Gasteiger partial charge < -0.3 is 20.3 Å². The zero-order chi connectivity index (χ0) is 24.8. The molecule has 0 aromatic heterocycles. The second-order valence-corrected chi connectivity index (χ2v) is 12.2. The summed E-state index contributed by atoms with van der Waals surface area (Å²) in [6, 6.07) is 8.69. The summed E-state index contributed by atoms with van der Waals surface area (Å²) in [6.07, 6.45) is 5.03. The third-order valence-corrected chi connectivity index (χ3v) is 10.2. The van der Waals surface area contributed by atoms with Gasteiger partial charge in [-0.1, -0.05) is 35.3 Å². The van der Waals surface area contributed by atoms with Gasteiger partial charge in [0.05, 0.1) is 33.5 Å². The van der Waals surface area contributed by atoms with Crippen LogP contribution in [0, 0.1) is 5.92 Å². The molecule has 5 atom stereocenters. The van der Waals surface area contributed by atoms with E-state index in [1.54, 1.807) is 24.3 Å². The molecule has 3 aliphatic carbocycles. The van der Waals surface area contributed by atoms with Crippen LogP contribution in [0.3, 0.4) is 0 Å². The standard InChI is InChI=1S/C28H30Cl2N2O4/c29-18-5-3-16(11-19(18)30)12-23(34)31-20-7-8-28(35)22-13-17-4-6-21(33)25-24(17)27(28,26(20)36-25)9-10-32(22)14-15-1-2-15/h3-6,11,15,20,22,26,33,35H,1-2,7-10,12-14H2,(H,31,34)/t20-,22+,26-,27-,28+/m0/s1. The number of piperidine rings is 1. The maximum atomic E-state index is 13.1. The molecule has 2 bridgehead atoms. The Morgan fingerprint density at radius 2 is 1.97 bits per heavy atom. The predicted molar refractivity (Wildman–Crippen MR) is 137 cm³/mol. The Kier molecular flexibility index (Phi) is 5.15. The lowest BCUT2D eigenvalue weighted by atomic mass is 9.48. The second-order valence-electron chi connectivity index (χ2n) is 11.4. The van der Waals surface area contributed by atoms with Crippen LogP contribution >= 0.6 is 23.2 Å². The summed E-state index contributed by atoms with van der Waals surface area (Å²) in [6.45, 7) is 1.93. The zero-order valence-corrected chi connectivity index (χ0v) is 21.5. The molecule has 1 saturated heterocycles. The van der Waals surface area contributed by atoms with Gasteiger partial charge in [-0.05, 0) is 80.3 Å². The van der Waals surface area contributed by atoms with Crippen LogP contribution < -0.4 is 10.1 Å². The Morgan fingerprint density at radius 3 is 2.75 bits per heavy atom. The van der Waals surface area contributed by atoms with Crippen molar-refractivity contribution in [2.75, 3.05) is 13.1 Å². The number of rotatable bonds is 5. The minimum absolute atomic E-state index is 0.0220. The van der Waals surface area contributed by atoms with Gasteiger partial charge >= 0.3 is 0 Å². The number of likely N-dealkylation sites (tertiary alicyclic amines) is 1. The molecule has 2 heterocycles. The first kappa shape index (κ1) is 23.2. The molecule has 3 N–H and O–H groups in total. The molecule has 7 rings (SSSR count). The minimum Gasteiger partial charge on any atom is -0.504 e. The SMILES string of the molecule is O=C(Cc1ccc(Cl)c(Cl)c1)N[C@H]1CC[C@@]2(O)[C@H]3Cc4ccc(O)c5c4[C@@]2(CCN3CC2CC2)[C@H]1O5. The Labute approximate surface area is 220 Å². The average molecular weight is 529 g/mol. The van der Waals surface area contributed by atoms with Crippen molar-refractivity contribution in [2.24, 2.45) is 5.92 Å². The van der Waals surface area contributed by atoms with Crippen LogP contribution in [-0.4, -0.2) is 57.9 Å². The van der Waals surface area contributed by atoms with Gasteiger partial charge in [-0.25, -0.2) is 0 Å². The van der Waals surface area contributed by atoms with Crippen LogP contribution in [0.2, 0.25) is 10.0 Å². The van der Waals surface area contributed by atoms with Gasteiger partial charge in [-0.15, -0.1) is 0 Å². The van der Waals surface area contributed by atoms with Crippen LogP contribution in [-0.2, 0) is 23.1 Å². The maximum Gasteiger partial charge on any atom is 0.224 e. The summed E-state index contributed by atoms with van der Waals surface area (Å²) in [7, 11) is 0. The number of phenols is 1. The fraction of sp³-hybridized carbons (Fsp3) is 0.536. The van der Waals surface area contributed by atoms with Crippen molar-refractivity contribution < 1.29 is 19.7 Å². The van der Waals surface area contributed by atoms with Gasteiger partial charge in [-0.2, -0.15) is 0 Å². The number of hydrogen-bond acceptors (Lipinski definition) is 5. The minimum atomic E-state index is -0.957. The molecule has 3 fully saturated rings. The lowest BCUT2D eigenvalue weighted by Crippen LogP contribution is -2.78. The van der Waals surface area contributed by atoms with Crippen LogP contribution in [0.4, 0.5) is 0 Å². The lowest BCUT2D eigenvalue weighted by Gasteiger charge is -2.64. The number of aromatic hydroxyl groups is 1. The highest BCUT2D eigenvalue weighted by Crippen LogP contribution is 2.65. The van der Waals surface area contributed by atoms with E-state index in [-0.39, 0.29) is 30.2 Å². The number of benzene rings is 2. The molecule has 2 aromatic rings. The summed E-state index contributed by atoms with van der Waals surface area (Å²) < 4.78 is 6.52. The van der Waals surface area contributed by atoms with E-state index in [1.165, 1.54) is 12.8 Å². The van der Waals surface area contributed by atoms with Gasteiger partial charge in [-0.3, -0.25) is 9.69 Å². The fourth-order valence-electron chi connectivity index (χ4n) is 7.72. The fourth-order valence-corrected chi connectivity index (χ4v) is 8.04. The third-order valence-electron chi connectivity index (χ3n) is 9.46. The number of nitrogens with one attached hydrogen (secondary N) is 1. The van der Waals surface area contributed by atoms with E-state index in [9.17, 15) is 15.0 Å². The highest BCUT2D eigenvalue weighted by Gasteiger charge is 2.73. The molecule has 1 amide bonds. The first-order valence-electron chi connectivity index (χ1n) is 13.0. The zero-order valence-electron chi connectivity index (χ0n) is 20.0. The Balaban J connectivity index is 1.22. The van der Waals surface area contributed by atoms with E-state index in [4.69, 9.17) is 27.9 Å². The molecule has 1 spiro atoms. The number of amides is 1. The molecule has 36 heavy (non-hydrogen) atoms. The average Bonchev–Trinajstić information content (AvgIpc) is 3.58. The van der Waals surface area contributed by atoms with Crippen molar-refractivity contribution in [3.63, 3.8) is 0 Å². The molecular weight excluding hydrogens is 499 g/mol. The highest BCUT2D eigenvalue weighted by atomic mass is 35.5. The van der Waals surface area contributed by atoms with Crippen LogP contribution in [0.25, 0.3) is 0 Å². The van der Waals surface area contributed by atoms with Crippen LogP contribution in [0.1, 0.15) is 48.8 Å². The second kappa shape index (κ2) is 8.00.